The van der Waals surface area contributed by atoms with E-state index < -0.39 is 12.0 Å². The minimum atomic E-state index is -1.06. The third-order valence-corrected chi connectivity index (χ3v) is 3.25. The highest BCUT2D eigenvalue weighted by atomic mass is 35.5. The lowest BCUT2D eigenvalue weighted by Gasteiger charge is -2.29. The Labute approximate surface area is 110 Å². The monoisotopic (exact) mass is 270 g/mol. The summed E-state index contributed by atoms with van der Waals surface area (Å²) in [7, 11) is 0. The first kappa shape index (κ1) is 13.1. The van der Waals surface area contributed by atoms with Crippen LogP contribution in [0.15, 0.2) is 18.2 Å². The number of nitrogens with zero attached hydrogens (tertiary/aromatic N) is 1. The zero-order valence-corrected chi connectivity index (χ0v) is 10.6. The first-order valence-electron chi connectivity index (χ1n) is 5.70. The normalized spacial score (nSPS) is 17.6. The molecule has 6 heteroatoms. The average molecular weight is 271 g/mol. The predicted molar refractivity (Wildman–Crippen MR) is 69.0 cm³/mol. The molecule has 0 aromatic heterocycles. The van der Waals surface area contributed by atoms with Crippen molar-refractivity contribution in [2.24, 2.45) is 5.73 Å². The van der Waals surface area contributed by atoms with Gasteiger partial charge in [-0.05, 0) is 17.7 Å². The molecule has 5 nitrogen and oxygen atoms in total. The zero-order chi connectivity index (χ0) is 13.1. The molecule has 1 aliphatic heterocycles. The van der Waals surface area contributed by atoms with Gasteiger partial charge in [-0.25, -0.2) is 0 Å². The van der Waals surface area contributed by atoms with Crippen LogP contribution in [0.5, 0.6) is 0 Å². The molecule has 0 amide bonds. The molecule has 0 radical (unpaired) electrons. The minimum absolute atomic E-state index is 0.504. The Hall–Kier alpha value is -1.30. The first-order valence-corrected chi connectivity index (χ1v) is 6.08. The molecule has 0 bridgehead atoms. The van der Waals surface area contributed by atoms with Crippen molar-refractivity contribution in [3.05, 3.63) is 28.8 Å². The number of carboxylic acid groups (broad SMARTS) is 1. The van der Waals surface area contributed by atoms with Crippen LogP contribution in [-0.4, -0.2) is 37.4 Å². The molecular weight excluding hydrogens is 256 g/mol. The van der Waals surface area contributed by atoms with Crippen molar-refractivity contribution >= 4 is 23.3 Å². The van der Waals surface area contributed by atoms with Gasteiger partial charge in [0.2, 0.25) is 0 Å². The Morgan fingerprint density at radius 2 is 2.11 bits per heavy atom. The molecule has 1 saturated heterocycles. The number of aliphatic carboxylic acids is 1. The molecule has 0 spiro atoms. The van der Waals surface area contributed by atoms with E-state index >= 15 is 0 Å². The van der Waals surface area contributed by atoms with E-state index in [0.29, 0.717) is 23.8 Å². The summed E-state index contributed by atoms with van der Waals surface area (Å²) >= 11 is 6.18. The summed E-state index contributed by atoms with van der Waals surface area (Å²) in [5, 5.41) is 9.37. The summed E-state index contributed by atoms with van der Waals surface area (Å²) in [6.45, 7) is 2.91. The average Bonchev–Trinajstić information content (AvgIpc) is 2.38. The topological polar surface area (TPSA) is 75.8 Å². The minimum Gasteiger partial charge on any atom is -0.480 e. The van der Waals surface area contributed by atoms with E-state index in [1.165, 1.54) is 0 Å². The summed E-state index contributed by atoms with van der Waals surface area (Å²) in [6, 6.07) is 4.09. The number of anilines is 1. The third-order valence-electron chi connectivity index (χ3n) is 2.95. The maximum Gasteiger partial charge on any atom is 0.325 e. The van der Waals surface area contributed by atoms with E-state index in [4.69, 9.17) is 27.2 Å². The van der Waals surface area contributed by atoms with E-state index in [-0.39, 0.29) is 0 Å². The summed E-state index contributed by atoms with van der Waals surface area (Å²) < 4.78 is 5.27. The predicted octanol–water partition coefficient (Wildman–Crippen LogP) is 1.26. The number of ether oxygens (including phenoxy) is 1. The fourth-order valence-corrected chi connectivity index (χ4v) is 2.23. The summed E-state index contributed by atoms with van der Waals surface area (Å²) in [6.07, 6.45) is 0. The lowest BCUT2D eigenvalue weighted by Crippen LogP contribution is -2.36. The van der Waals surface area contributed by atoms with Gasteiger partial charge in [0.15, 0.2) is 0 Å². The van der Waals surface area contributed by atoms with Gasteiger partial charge in [0.25, 0.3) is 0 Å². The fourth-order valence-electron chi connectivity index (χ4n) is 1.92. The summed E-state index contributed by atoms with van der Waals surface area (Å²) in [5.74, 6) is -1.06. The van der Waals surface area contributed by atoms with Crippen molar-refractivity contribution in [3.63, 3.8) is 0 Å². The van der Waals surface area contributed by atoms with Crippen LogP contribution in [0, 0.1) is 0 Å². The lowest BCUT2D eigenvalue weighted by molar-refractivity contribution is -0.138. The Morgan fingerprint density at radius 1 is 1.44 bits per heavy atom. The van der Waals surface area contributed by atoms with Crippen LogP contribution in [0.3, 0.4) is 0 Å². The van der Waals surface area contributed by atoms with Gasteiger partial charge >= 0.3 is 5.97 Å². The Bertz CT molecular complexity index is 447. The van der Waals surface area contributed by atoms with Gasteiger partial charge < -0.3 is 20.5 Å². The molecule has 3 N–H and O–H groups in total. The van der Waals surface area contributed by atoms with Gasteiger partial charge in [-0.3, -0.25) is 4.79 Å². The molecule has 1 aliphatic rings. The van der Waals surface area contributed by atoms with Crippen molar-refractivity contribution in [3.8, 4) is 0 Å². The van der Waals surface area contributed by atoms with Crippen LogP contribution >= 0.6 is 11.6 Å². The molecule has 98 valence electrons. The highest BCUT2D eigenvalue weighted by Crippen LogP contribution is 2.29. The molecule has 1 aromatic rings. The first-order chi connectivity index (χ1) is 8.59. The number of nitrogens with two attached hydrogens (primary N) is 1. The van der Waals surface area contributed by atoms with E-state index in [0.717, 1.165) is 18.8 Å². The number of hydrogen-bond donors (Lipinski definition) is 2. The van der Waals surface area contributed by atoms with E-state index in [1.807, 2.05) is 6.07 Å². The largest absolute Gasteiger partial charge is 0.480 e. The number of morpholine rings is 1. The maximum atomic E-state index is 10.8. The molecule has 0 saturated carbocycles. The smallest absolute Gasteiger partial charge is 0.325 e. The highest BCUT2D eigenvalue weighted by molar-refractivity contribution is 6.33. The number of hydrogen-bond acceptors (Lipinski definition) is 4. The summed E-state index contributed by atoms with van der Waals surface area (Å²) in [5.41, 5.74) is 6.94. The van der Waals surface area contributed by atoms with Gasteiger partial charge in [0.05, 0.1) is 23.9 Å². The molecular formula is C12H15ClN2O3. The van der Waals surface area contributed by atoms with Crippen molar-refractivity contribution in [2.45, 2.75) is 6.04 Å². The van der Waals surface area contributed by atoms with Gasteiger partial charge in [0, 0.05) is 13.1 Å². The second-order valence-corrected chi connectivity index (χ2v) is 4.53. The van der Waals surface area contributed by atoms with E-state index in [1.54, 1.807) is 12.1 Å². The number of halogens is 1. The second-order valence-electron chi connectivity index (χ2n) is 4.13. The molecule has 1 heterocycles. The molecule has 18 heavy (non-hydrogen) atoms. The SMILES string of the molecule is NC(C(=O)O)c1ccc(N2CCOCC2)c(Cl)c1. The van der Waals surface area contributed by atoms with Crippen molar-refractivity contribution in [2.75, 3.05) is 31.2 Å². The Kier molecular flexibility index (Phi) is 4.06. The van der Waals surface area contributed by atoms with Gasteiger partial charge in [-0.15, -0.1) is 0 Å². The van der Waals surface area contributed by atoms with Gasteiger partial charge in [-0.1, -0.05) is 17.7 Å². The molecule has 1 atom stereocenters. The molecule has 2 rings (SSSR count). The third kappa shape index (κ3) is 2.75. The quantitative estimate of drug-likeness (QED) is 0.865. The fraction of sp³-hybridized carbons (Fsp3) is 0.417. The zero-order valence-electron chi connectivity index (χ0n) is 9.80. The lowest BCUT2D eigenvalue weighted by atomic mass is 10.1. The van der Waals surface area contributed by atoms with Gasteiger partial charge in [-0.2, -0.15) is 0 Å². The van der Waals surface area contributed by atoms with Crippen LogP contribution in [0.2, 0.25) is 5.02 Å². The van der Waals surface area contributed by atoms with Crippen LogP contribution < -0.4 is 10.6 Å². The molecule has 1 fully saturated rings. The Morgan fingerprint density at radius 3 is 2.67 bits per heavy atom. The van der Waals surface area contributed by atoms with Crippen LogP contribution in [-0.2, 0) is 9.53 Å². The van der Waals surface area contributed by atoms with E-state index in [2.05, 4.69) is 4.90 Å². The van der Waals surface area contributed by atoms with Crippen LogP contribution in [0.1, 0.15) is 11.6 Å². The van der Waals surface area contributed by atoms with Crippen molar-refractivity contribution < 1.29 is 14.6 Å². The standard InChI is InChI=1S/C12H15ClN2O3/c13-9-7-8(11(14)12(16)17)1-2-10(9)15-3-5-18-6-4-15/h1-2,7,11H,3-6,14H2,(H,16,17). The highest BCUT2D eigenvalue weighted by Gasteiger charge is 2.18. The van der Waals surface area contributed by atoms with Crippen molar-refractivity contribution in [1.29, 1.82) is 0 Å². The number of benzene rings is 1. The Balaban J connectivity index is 2.21. The summed E-state index contributed by atoms with van der Waals surface area (Å²) in [4.78, 5) is 12.9. The van der Waals surface area contributed by atoms with Gasteiger partial charge in [0.1, 0.15) is 6.04 Å². The maximum absolute atomic E-state index is 10.8. The molecule has 0 aliphatic carbocycles. The van der Waals surface area contributed by atoms with Crippen LogP contribution in [0.4, 0.5) is 5.69 Å². The van der Waals surface area contributed by atoms with E-state index in [9.17, 15) is 4.79 Å². The second kappa shape index (κ2) is 5.56. The molecule has 1 aromatic carbocycles. The van der Waals surface area contributed by atoms with Crippen molar-refractivity contribution in [1.82, 2.24) is 0 Å². The van der Waals surface area contributed by atoms with Crippen LogP contribution in [0.25, 0.3) is 0 Å². The number of carbonyl (C=O) groups is 1. The number of rotatable bonds is 3. The molecule has 1 unspecified atom stereocenters. The number of carboxylic acids is 1.